The summed E-state index contributed by atoms with van der Waals surface area (Å²) >= 11 is 6.18. The second-order valence-electron chi connectivity index (χ2n) is 5.82. The highest BCUT2D eigenvalue weighted by Crippen LogP contribution is 2.38. The zero-order chi connectivity index (χ0) is 16.0. The maximum atomic E-state index is 12.6. The van der Waals surface area contributed by atoms with E-state index in [0.717, 1.165) is 29.7 Å². The summed E-state index contributed by atoms with van der Waals surface area (Å²) in [7, 11) is 0. The van der Waals surface area contributed by atoms with Gasteiger partial charge >= 0.3 is 0 Å². The Balaban J connectivity index is 1.95. The molecule has 23 heavy (non-hydrogen) atoms. The van der Waals surface area contributed by atoms with E-state index < -0.39 is 6.23 Å². The Kier molecular flexibility index (Phi) is 3.43. The highest BCUT2D eigenvalue weighted by molar-refractivity contribution is 6.32. The number of carbonyl (C=O) groups is 1. The molecular formula is C18H15ClN2O2. The van der Waals surface area contributed by atoms with Gasteiger partial charge in [0.15, 0.2) is 0 Å². The number of rotatable bonds is 2. The summed E-state index contributed by atoms with van der Waals surface area (Å²) in [6, 6.07) is 15.1. The number of amides is 1. The number of anilines is 1. The third-order valence-electron chi connectivity index (χ3n) is 4.14. The molecule has 1 amide bonds. The topological polar surface area (TPSA) is 52.9 Å². The number of fused-ring (bicyclic) bond motifs is 1. The minimum absolute atomic E-state index is 0.141. The molecule has 1 fully saturated rings. The number of aliphatic hydroxyl groups excluding tert-OH is 1. The second-order valence-corrected chi connectivity index (χ2v) is 6.25. The van der Waals surface area contributed by atoms with Gasteiger partial charge < -0.3 is 10.0 Å². The van der Waals surface area contributed by atoms with Gasteiger partial charge in [-0.05, 0) is 31.0 Å². The molecule has 1 N–H and O–H groups in total. The molecule has 1 unspecified atom stereocenters. The lowest BCUT2D eigenvalue weighted by atomic mass is 10.00. The van der Waals surface area contributed by atoms with E-state index >= 15 is 0 Å². The quantitative estimate of drug-likeness (QED) is 0.922. The van der Waals surface area contributed by atoms with Crippen LogP contribution >= 0.6 is 11.6 Å². The van der Waals surface area contributed by atoms with Gasteiger partial charge in [0.05, 0.1) is 11.4 Å². The molecule has 0 saturated heterocycles. The summed E-state index contributed by atoms with van der Waals surface area (Å²) in [5.74, 6) is -0.373. The molecule has 2 aromatic rings. The lowest BCUT2D eigenvalue weighted by Gasteiger charge is -2.23. The number of aliphatic imine (C=N–C) groups is 1. The molecule has 2 aromatic carbocycles. The lowest BCUT2D eigenvalue weighted by Crippen LogP contribution is -2.39. The largest absolute Gasteiger partial charge is 0.364 e. The SMILES string of the molecule is O=C1C(O)N=C(c2ccccc2)c2cc(Cl)ccc2N1C1CC1. The van der Waals surface area contributed by atoms with Crippen molar-refractivity contribution in [2.24, 2.45) is 4.99 Å². The van der Waals surface area contributed by atoms with Gasteiger partial charge in [0, 0.05) is 22.2 Å². The highest BCUT2D eigenvalue weighted by atomic mass is 35.5. The minimum atomic E-state index is -1.39. The first-order valence-corrected chi connectivity index (χ1v) is 7.97. The molecule has 116 valence electrons. The van der Waals surface area contributed by atoms with Crippen LogP contribution in [-0.4, -0.2) is 29.0 Å². The van der Waals surface area contributed by atoms with Gasteiger partial charge in [0.25, 0.3) is 5.91 Å². The molecule has 1 heterocycles. The number of hydrogen-bond donors (Lipinski definition) is 1. The summed E-state index contributed by atoms with van der Waals surface area (Å²) in [4.78, 5) is 18.6. The van der Waals surface area contributed by atoms with E-state index in [1.54, 1.807) is 11.0 Å². The van der Waals surface area contributed by atoms with Gasteiger partial charge in [0.1, 0.15) is 0 Å². The molecule has 0 bridgehead atoms. The fourth-order valence-electron chi connectivity index (χ4n) is 2.93. The lowest BCUT2D eigenvalue weighted by molar-refractivity contribution is -0.126. The van der Waals surface area contributed by atoms with Crippen molar-refractivity contribution < 1.29 is 9.90 Å². The second kappa shape index (κ2) is 5.48. The van der Waals surface area contributed by atoms with Gasteiger partial charge in [-0.1, -0.05) is 41.9 Å². The number of hydrogen-bond acceptors (Lipinski definition) is 3. The van der Waals surface area contributed by atoms with E-state index in [9.17, 15) is 9.90 Å². The van der Waals surface area contributed by atoms with Crippen molar-refractivity contribution >= 4 is 28.9 Å². The minimum Gasteiger partial charge on any atom is -0.364 e. The van der Waals surface area contributed by atoms with Gasteiger partial charge in [-0.25, -0.2) is 4.99 Å². The highest BCUT2D eigenvalue weighted by Gasteiger charge is 2.39. The van der Waals surface area contributed by atoms with Gasteiger partial charge in [0.2, 0.25) is 6.23 Å². The standard InChI is InChI=1S/C18H15ClN2O2/c19-12-6-9-15-14(10-12)16(11-4-2-1-3-5-11)20-17(22)18(23)21(15)13-7-8-13/h1-6,9-10,13,17,22H,7-8H2. The number of benzene rings is 2. The van der Waals surface area contributed by atoms with Crippen molar-refractivity contribution in [2.75, 3.05) is 4.90 Å². The smallest absolute Gasteiger partial charge is 0.279 e. The van der Waals surface area contributed by atoms with Crippen molar-refractivity contribution in [2.45, 2.75) is 25.1 Å². The number of aliphatic hydroxyl groups is 1. The Hall–Kier alpha value is -2.17. The summed E-state index contributed by atoms with van der Waals surface area (Å²) in [6.45, 7) is 0. The van der Waals surface area contributed by atoms with E-state index in [1.807, 2.05) is 42.5 Å². The molecular weight excluding hydrogens is 312 g/mol. The predicted molar refractivity (Wildman–Crippen MR) is 90.0 cm³/mol. The Morgan fingerprint density at radius 1 is 1.13 bits per heavy atom. The van der Waals surface area contributed by atoms with Crippen molar-refractivity contribution in [3.05, 3.63) is 64.7 Å². The van der Waals surface area contributed by atoms with Crippen LogP contribution in [-0.2, 0) is 4.79 Å². The summed E-state index contributed by atoms with van der Waals surface area (Å²) in [5, 5.41) is 10.8. The molecule has 2 aliphatic rings. The molecule has 1 aliphatic heterocycles. The van der Waals surface area contributed by atoms with Gasteiger partial charge in [-0.2, -0.15) is 0 Å². The molecule has 4 rings (SSSR count). The molecule has 0 radical (unpaired) electrons. The van der Waals surface area contributed by atoms with E-state index in [1.165, 1.54) is 0 Å². The Bertz CT molecular complexity index is 800. The van der Waals surface area contributed by atoms with Crippen molar-refractivity contribution in [1.82, 2.24) is 0 Å². The van der Waals surface area contributed by atoms with Crippen LogP contribution in [0.4, 0.5) is 5.69 Å². The fraction of sp³-hybridized carbons (Fsp3) is 0.222. The van der Waals surface area contributed by atoms with Crippen molar-refractivity contribution in [3.8, 4) is 0 Å². The van der Waals surface area contributed by atoms with Crippen LogP contribution in [0.25, 0.3) is 0 Å². The van der Waals surface area contributed by atoms with Crippen molar-refractivity contribution in [1.29, 1.82) is 0 Å². The van der Waals surface area contributed by atoms with Crippen LogP contribution in [0, 0.1) is 0 Å². The van der Waals surface area contributed by atoms with E-state index in [0.29, 0.717) is 10.7 Å². The molecule has 0 spiro atoms. The maximum Gasteiger partial charge on any atom is 0.279 e. The number of benzodiazepines with no additional fused rings is 1. The Labute approximate surface area is 139 Å². The molecule has 4 nitrogen and oxygen atoms in total. The third-order valence-corrected chi connectivity index (χ3v) is 4.38. The normalized spacial score (nSPS) is 20.8. The zero-order valence-corrected chi connectivity index (χ0v) is 13.1. The number of halogens is 1. The predicted octanol–water partition coefficient (Wildman–Crippen LogP) is 3.00. The van der Waals surface area contributed by atoms with Gasteiger partial charge in [-0.3, -0.25) is 4.79 Å². The Morgan fingerprint density at radius 3 is 2.57 bits per heavy atom. The molecule has 1 atom stereocenters. The van der Waals surface area contributed by atoms with Crippen LogP contribution in [0.2, 0.25) is 5.02 Å². The van der Waals surface area contributed by atoms with E-state index in [-0.39, 0.29) is 11.9 Å². The number of carbonyl (C=O) groups excluding carboxylic acids is 1. The molecule has 1 aliphatic carbocycles. The average Bonchev–Trinajstić information content (AvgIpc) is 3.39. The molecule has 5 heteroatoms. The van der Waals surface area contributed by atoms with Crippen LogP contribution in [0.1, 0.15) is 24.0 Å². The fourth-order valence-corrected chi connectivity index (χ4v) is 3.11. The van der Waals surface area contributed by atoms with Crippen LogP contribution in [0.15, 0.2) is 53.5 Å². The van der Waals surface area contributed by atoms with E-state index in [4.69, 9.17) is 11.6 Å². The molecule has 0 aromatic heterocycles. The third kappa shape index (κ3) is 2.54. The first kappa shape index (κ1) is 14.4. The van der Waals surface area contributed by atoms with Crippen molar-refractivity contribution in [3.63, 3.8) is 0 Å². The van der Waals surface area contributed by atoms with Crippen LogP contribution in [0.3, 0.4) is 0 Å². The zero-order valence-electron chi connectivity index (χ0n) is 12.3. The Morgan fingerprint density at radius 2 is 1.87 bits per heavy atom. The van der Waals surface area contributed by atoms with Crippen LogP contribution in [0.5, 0.6) is 0 Å². The van der Waals surface area contributed by atoms with Crippen LogP contribution < -0.4 is 4.90 Å². The van der Waals surface area contributed by atoms with Gasteiger partial charge in [-0.15, -0.1) is 0 Å². The summed E-state index contributed by atoms with van der Waals surface area (Å²) in [6.07, 6.45) is 0.500. The molecule has 1 saturated carbocycles. The average molecular weight is 327 g/mol. The maximum absolute atomic E-state index is 12.6. The summed E-state index contributed by atoms with van der Waals surface area (Å²) in [5.41, 5.74) is 2.98. The number of nitrogens with zero attached hydrogens (tertiary/aromatic N) is 2. The van der Waals surface area contributed by atoms with E-state index in [2.05, 4.69) is 4.99 Å². The summed E-state index contributed by atoms with van der Waals surface area (Å²) < 4.78 is 0. The monoisotopic (exact) mass is 326 g/mol. The first-order valence-electron chi connectivity index (χ1n) is 7.59. The first-order chi connectivity index (χ1) is 11.1.